The van der Waals surface area contributed by atoms with Gasteiger partial charge in [-0.3, -0.25) is 0 Å². The molecular weight excluding hydrogens is 352 g/mol. The Morgan fingerprint density at radius 3 is 1.68 bits per heavy atom. The molecule has 0 radical (unpaired) electrons. The quantitative estimate of drug-likeness (QED) is 0.440. The summed E-state index contributed by atoms with van der Waals surface area (Å²) in [7, 11) is 0. The Hall–Kier alpha value is -3.40. The Morgan fingerprint density at radius 1 is 0.679 bits per heavy atom. The predicted octanol–water partition coefficient (Wildman–Crippen LogP) is 5.45. The number of rotatable bonds is 5. The van der Waals surface area contributed by atoms with Crippen LogP contribution in [0.2, 0.25) is 0 Å². The maximum Gasteiger partial charge on any atom is 0.343 e. The molecule has 0 aliphatic carbocycles. The molecule has 0 spiro atoms. The van der Waals surface area contributed by atoms with Crippen LogP contribution in [0, 0.1) is 6.92 Å². The van der Waals surface area contributed by atoms with Crippen LogP contribution in [-0.4, -0.2) is 18.0 Å². The third-order valence-electron chi connectivity index (χ3n) is 4.15. The zero-order chi connectivity index (χ0) is 20.1. The number of aryl methyl sites for hydroxylation is 1. The zero-order valence-electron chi connectivity index (χ0n) is 16.1. The van der Waals surface area contributed by atoms with Gasteiger partial charge in [0.25, 0.3) is 0 Å². The lowest BCUT2D eigenvalue weighted by atomic mass is 10.0. The van der Waals surface area contributed by atoms with Crippen LogP contribution in [-0.2, 0) is 4.74 Å². The van der Waals surface area contributed by atoms with Gasteiger partial charge in [0.15, 0.2) is 0 Å². The molecule has 0 saturated carbocycles. The Morgan fingerprint density at radius 2 is 1.14 bits per heavy atom. The minimum Gasteiger partial charge on any atom is -0.459 e. The van der Waals surface area contributed by atoms with Crippen LogP contribution in [0.5, 0.6) is 5.75 Å². The number of carbonyl (C=O) groups excluding carboxylic acids is 2. The number of benzene rings is 3. The molecule has 142 valence electrons. The number of hydrogen-bond donors (Lipinski definition) is 0. The van der Waals surface area contributed by atoms with E-state index >= 15 is 0 Å². The van der Waals surface area contributed by atoms with Gasteiger partial charge in [0.1, 0.15) is 5.75 Å². The SMILES string of the molecule is Cc1ccc(C(=O)Oc2ccc(-c3ccc(C(=O)OC(C)C)cc3)cc2)cc1. The van der Waals surface area contributed by atoms with E-state index in [-0.39, 0.29) is 18.0 Å². The van der Waals surface area contributed by atoms with E-state index < -0.39 is 0 Å². The third kappa shape index (κ3) is 4.86. The van der Waals surface area contributed by atoms with Gasteiger partial charge in [-0.2, -0.15) is 0 Å². The first-order valence-electron chi connectivity index (χ1n) is 9.13. The van der Waals surface area contributed by atoms with Crippen molar-refractivity contribution in [3.8, 4) is 16.9 Å². The highest BCUT2D eigenvalue weighted by Crippen LogP contribution is 2.23. The first kappa shape index (κ1) is 19.4. The fourth-order valence-corrected chi connectivity index (χ4v) is 2.65. The highest BCUT2D eigenvalue weighted by Gasteiger charge is 2.10. The van der Waals surface area contributed by atoms with Crippen LogP contribution in [0.15, 0.2) is 72.8 Å². The van der Waals surface area contributed by atoms with E-state index in [1.807, 2.05) is 57.2 Å². The van der Waals surface area contributed by atoms with Crippen LogP contribution in [0.3, 0.4) is 0 Å². The van der Waals surface area contributed by atoms with Gasteiger partial charge in [0.2, 0.25) is 0 Å². The smallest absolute Gasteiger partial charge is 0.343 e. The second kappa shape index (κ2) is 8.53. The number of carbonyl (C=O) groups is 2. The van der Waals surface area contributed by atoms with Gasteiger partial charge in [-0.25, -0.2) is 9.59 Å². The highest BCUT2D eigenvalue weighted by molar-refractivity contribution is 5.91. The summed E-state index contributed by atoms with van der Waals surface area (Å²) in [5, 5.41) is 0. The van der Waals surface area contributed by atoms with Crippen molar-refractivity contribution in [3.63, 3.8) is 0 Å². The zero-order valence-corrected chi connectivity index (χ0v) is 16.1. The van der Waals surface area contributed by atoms with Crippen molar-refractivity contribution in [1.29, 1.82) is 0 Å². The van der Waals surface area contributed by atoms with Crippen LogP contribution in [0.1, 0.15) is 40.1 Å². The van der Waals surface area contributed by atoms with Crippen LogP contribution < -0.4 is 4.74 Å². The molecule has 0 aromatic heterocycles. The van der Waals surface area contributed by atoms with Crippen molar-refractivity contribution in [2.45, 2.75) is 26.9 Å². The van der Waals surface area contributed by atoms with Gasteiger partial charge < -0.3 is 9.47 Å². The molecule has 4 nitrogen and oxygen atoms in total. The highest BCUT2D eigenvalue weighted by atomic mass is 16.5. The molecule has 3 rings (SSSR count). The molecule has 0 heterocycles. The minimum atomic E-state index is -0.388. The van der Waals surface area contributed by atoms with Crippen molar-refractivity contribution in [2.24, 2.45) is 0 Å². The van der Waals surface area contributed by atoms with Gasteiger partial charge in [0.05, 0.1) is 17.2 Å². The molecule has 3 aromatic carbocycles. The number of ether oxygens (including phenoxy) is 2. The molecule has 0 amide bonds. The maximum absolute atomic E-state index is 12.2. The first-order chi connectivity index (χ1) is 13.4. The molecule has 28 heavy (non-hydrogen) atoms. The molecule has 0 saturated heterocycles. The normalized spacial score (nSPS) is 10.6. The van der Waals surface area contributed by atoms with Gasteiger partial charge in [-0.05, 0) is 68.3 Å². The van der Waals surface area contributed by atoms with Crippen LogP contribution >= 0.6 is 0 Å². The van der Waals surface area contributed by atoms with Crippen molar-refractivity contribution >= 4 is 11.9 Å². The molecule has 0 bridgehead atoms. The molecule has 0 aliphatic heterocycles. The molecule has 4 heteroatoms. The fourth-order valence-electron chi connectivity index (χ4n) is 2.65. The molecule has 0 unspecified atom stereocenters. The first-order valence-corrected chi connectivity index (χ1v) is 9.13. The Balaban J connectivity index is 1.67. The monoisotopic (exact) mass is 374 g/mol. The Bertz CT molecular complexity index is 953. The van der Waals surface area contributed by atoms with E-state index in [9.17, 15) is 9.59 Å². The third-order valence-corrected chi connectivity index (χ3v) is 4.15. The molecule has 0 aliphatic rings. The Kier molecular flexibility index (Phi) is 5.90. The van der Waals surface area contributed by atoms with E-state index in [1.54, 1.807) is 36.4 Å². The summed E-state index contributed by atoms with van der Waals surface area (Å²) in [6, 6.07) is 21.7. The van der Waals surface area contributed by atoms with Gasteiger partial charge >= 0.3 is 11.9 Å². The minimum absolute atomic E-state index is 0.151. The van der Waals surface area contributed by atoms with Crippen molar-refractivity contribution < 1.29 is 19.1 Å². The second-order valence-corrected chi connectivity index (χ2v) is 6.81. The summed E-state index contributed by atoms with van der Waals surface area (Å²) in [5.74, 6) is -0.243. The van der Waals surface area contributed by atoms with Gasteiger partial charge in [-0.1, -0.05) is 42.0 Å². The van der Waals surface area contributed by atoms with E-state index in [4.69, 9.17) is 9.47 Å². The van der Waals surface area contributed by atoms with Crippen LogP contribution in [0.25, 0.3) is 11.1 Å². The van der Waals surface area contributed by atoms with E-state index in [0.717, 1.165) is 16.7 Å². The van der Waals surface area contributed by atoms with E-state index in [0.29, 0.717) is 16.9 Å². The molecule has 0 atom stereocenters. The lowest BCUT2D eigenvalue weighted by Crippen LogP contribution is -2.11. The lowest BCUT2D eigenvalue weighted by Gasteiger charge is -2.09. The molecular formula is C24H22O4. The Labute approximate surface area is 164 Å². The number of esters is 2. The molecule has 0 fully saturated rings. The summed E-state index contributed by atoms with van der Waals surface area (Å²) in [5.41, 5.74) is 4.03. The maximum atomic E-state index is 12.2. The summed E-state index contributed by atoms with van der Waals surface area (Å²) < 4.78 is 10.6. The van der Waals surface area contributed by atoms with Gasteiger partial charge in [0, 0.05) is 0 Å². The summed E-state index contributed by atoms with van der Waals surface area (Å²) in [6.45, 7) is 5.60. The average Bonchev–Trinajstić information content (AvgIpc) is 2.68. The lowest BCUT2D eigenvalue weighted by molar-refractivity contribution is 0.0377. The average molecular weight is 374 g/mol. The summed E-state index contributed by atoms with van der Waals surface area (Å²) in [6.07, 6.45) is -0.151. The van der Waals surface area contributed by atoms with E-state index in [2.05, 4.69) is 0 Å². The van der Waals surface area contributed by atoms with Gasteiger partial charge in [-0.15, -0.1) is 0 Å². The topological polar surface area (TPSA) is 52.6 Å². The predicted molar refractivity (Wildman–Crippen MR) is 109 cm³/mol. The standard InChI is InChI=1S/C24H22O4/c1-16(2)27-23(25)21-10-8-18(9-11-21)19-12-14-22(15-13-19)28-24(26)20-6-4-17(3)5-7-20/h4-16H,1-3H3. The second-order valence-electron chi connectivity index (χ2n) is 6.81. The van der Waals surface area contributed by atoms with Crippen molar-refractivity contribution in [2.75, 3.05) is 0 Å². The molecule has 3 aromatic rings. The van der Waals surface area contributed by atoms with Crippen molar-refractivity contribution in [1.82, 2.24) is 0 Å². The van der Waals surface area contributed by atoms with Crippen LogP contribution in [0.4, 0.5) is 0 Å². The summed E-state index contributed by atoms with van der Waals surface area (Å²) in [4.78, 5) is 24.1. The largest absolute Gasteiger partial charge is 0.459 e. The van der Waals surface area contributed by atoms with E-state index in [1.165, 1.54) is 0 Å². The van der Waals surface area contributed by atoms with Crippen molar-refractivity contribution in [3.05, 3.63) is 89.5 Å². The number of hydrogen-bond acceptors (Lipinski definition) is 4. The fraction of sp³-hybridized carbons (Fsp3) is 0.167. The molecule has 0 N–H and O–H groups in total. The summed E-state index contributed by atoms with van der Waals surface area (Å²) >= 11 is 0.